The monoisotopic (exact) mass is 594 g/mol. The minimum absolute atomic E-state index is 0.0303. The highest BCUT2D eigenvalue weighted by molar-refractivity contribution is 6.31. The highest BCUT2D eigenvalue weighted by Crippen LogP contribution is 2.34. The molecule has 5 heterocycles. The van der Waals surface area contributed by atoms with Crippen LogP contribution in [0, 0.1) is 11.6 Å². The molecular weight excluding hydrogens is 579 g/mol. The first kappa shape index (κ1) is 26.1. The summed E-state index contributed by atoms with van der Waals surface area (Å²) in [5, 5.41) is -0.800. The summed E-state index contributed by atoms with van der Waals surface area (Å²) >= 11 is 12.0. The molecule has 206 valence electrons. The van der Waals surface area contributed by atoms with Gasteiger partial charge in [-0.2, -0.15) is 4.98 Å². The van der Waals surface area contributed by atoms with Crippen LogP contribution in [0.15, 0.2) is 52.3 Å². The van der Waals surface area contributed by atoms with Crippen LogP contribution in [0.25, 0.3) is 28.1 Å². The lowest BCUT2D eigenvalue weighted by Crippen LogP contribution is -2.39. The summed E-state index contributed by atoms with van der Waals surface area (Å²) in [4.78, 5) is 37.7. The highest BCUT2D eigenvalue weighted by atomic mass is 35.5. The Hall–Kier alpha value is -4.10. The van der Waals surface area contributed by atoms with E-state index >= 15 is 0 Å². The van der Waals surface area contributed by atoms with Crippen molar-refractivity contribution in [2.75, 3.05) is 25.1 Å². The van der Waals surface area contributed by atoms with Gasteiger partial charge in [0.25, 0.3) is 11.5 Å². The molecule has 0 spiro atoms. The van der Waals surface area contributed by atoms with E-state index in [1.165, 1.54) is 40.8 Å². The SMILES string of the molecule is COc1nc(N2CCC(F)(F)C2)cc2c1c(=O)n(-c1cnc3cc(F)c(Cl)cn13)c(=O)n2-c1ccc(F)c(Cl)c1. The Balaban J connectivity index is 1.74. The third-order valence-corrected chi connectivity index (χ3v) is 7.17. The summed E-state index contributed by atoms with van der Waals surface area (Å²) in [5.41, 5.74) is -1.79. The van der Waals surface area contributed by atoms with Gasteiger partial charge in [0, 0.05) is 31.3 Å². The fourth-order valence-corrected chi connectivity index (χ4v) is 5.05. The third kappa shape index (κ3) is 4.07. The van der Waals surface area contributed by atoms with E-state index in [4.69, 9.17) is 27.9 Å². The van der Waals surface area contributed by atoms with E-state index < -0.39 is 41.8 Å². The number of halogens is 6. The second-order valence-corrected chi connectivity index (χ2v) is 9.90. The largest absolute Gasteiger partial charge is 0.480 e. The normalized spacial score (nSPS) is 14.9. The van der Waals surface area contributed by atoms with E-state index in [0.717, 1.165) is 27.5 Å². The number of hydrogen-bond donors (Lipinski definition) is 0. The minimum atomic E-state index is -2.96. The number of alkyl halides is 2. The lowest BCUT2D eigenvalue weighted by atomic mass is 10.2. The molecule has 0 unspecified atom stereocenters. The molecule has 0 N–H and O–H groups in total. The van der Waals surface area contributed by atoms with E-state index in [0.29, 0.717) is 0 Å². The van der Waals surface area contributed by atoms with Crippen LogP contribution in [0.1, 0.15) is 6.42 Å². The van der Waals surface area contributed by atoms with E-state index in [-0.39, 0.29) is 56.3 Å². The highest BCUT2D eigenvalue weighted by Gasteiger charge is 2.39. The molecule has 5 aromatic rings. The van der Waals surface area contributed by atoms with Crippen LogP contribution in [-0.2, 0) is 0 Å². The van der Waals surface area contributed by atoms with E-state index in [9.17, 15) is 27.2 Å². The zero-order valence-corrected chi connectivity index (χ0v) is 21.9. The van der Waals surface area contributed by atoms with Gasteiger partial charge in [-0.05, 0) is 18.2 Å². The van der Waals surface area contributed by atoms with Crippen molar-refractivity contribution in [2.24, 2.45) is 0 Å². The Morgan fingerprint density at radius 2 is 1.80 bits per heavy atom. The lowest BCUT2D eigenvalue weighted by Gasteiger charge is -2.21. The number of ether oxygens (including phenoxy) is 1. The van der Waals surface area contributed by atoms with Gasteiger partial charge < -0.3 is 9.64 Å². The number of nitrogens with zero attached hydrogens (tertiary/aromatic N) is 6. The number of imidazole rings is 1. The van der Waals surface area contributed by atoms with Crippen LogP contribution in [0.3, 0.4) is 0 Å². The van der Waals surface area contributed by atoms with Gasteiger partial charge in [0.15, 0.2) is 0 Å². The zero-order chi connectivity index (χ0) is 28.5. The van der Waals surface area contributed by atoms with Crippen molar-refractivity contribution in [3.63, 3.8) is 0 Å². The molecule has 1 aromatic carbocycles. The lowest BCUT2D eigenvalue weighted by molar-refractivity contribution is 0.0256. The van der Waals surface area contributed by atoms with Crippen LogP contribution >= 0.6 is 23.2 Å². The molecule has 1 aliphatic rings. The third-order valence-electron chi connectivity index (χ3n) is 6.60. The van der Waals surface area contributed by atoms with Crippen molar-refractivity contribution in [3.05, 3.63) is 85.2 Å². The molecule has 4 aromatic heterocycles. The minimum Gasteiger partial charge on any atom is -0.480 e. The maximum absolute atomic E-state index is 14.1. The van der Waals surface area contributed by atoms with E-state index in [2.05, 4.69) is 9.97 Å². The fraction of sp³-hybridized carbons (Fsp3) is 0.200. The molecule has 0 bridgehead atoms. The molecule has 15 heteroatoms. The molecule has 40 heavy (non-hydrogen) atoms. The first-order valence-corrected chi connectivity index (χ1v) is 12.4. The molecule has 0 saturated carbocycles. The second-order valence-electron chi connectivity index (χ2n) is 9.08. The number of aromatic nitrogens is 5. The van der Waals surface area contributed by atoms with Gasteiger partial charge in [0.2, 0.25) is 5.88 Å². The summed E-state index contributed by atoms with van der Waals surface area (Å²) < 4.78 is 64.6. The molecule has 6 rings (SSSR count). The first-order chi connectivity index (χ1) is 19.0. The van der Waals surface area contributed by atoms with Crippen LogP contribution in [0.2, 0.25) is 10.0 Å². The summed E-state index contributed by atoms with van der Waals surface area (Å²) in [5.74, 6) is -4.78. The Morgan fingerprint density at radius 3 is 2.48 bits per heavy atom. The average molecular weight is 595 g/mol. The molecule has 0 atom stereocenters. The maximum atomic E-state index is 14.1. The van der Waals surface area contributed by atoms with Crippen molar-refractivity contribution >= 4 is 45.6 Å². The fourth-order valence-electron chi connectivity index (χ4n) is 4.72. The van der Waals surface area contributed by atoms with Gasteiger partial charge >= 0.3 is 5.69 Å². The first-order valence-electron chi connectivity index (χ1n) is 11.7. The average Bonchev–Trinajstić information content (AvgIpc) is 3.48. The van der Waals surface area contributed by atoms with Crippen molar-refractivity contribution < 1.29 is 22.3 Å². The quantitative estimate of drug-likeness (QED) is 0.282. The molecule has 9 nitrogen and oxygen atoms in total. The maximum Gasteiger partial charge on any atom is 0.342 e. The Labute approximate surface area is 231 Å². The van der Waals surface area contributed by atoms with E-state index in [1.807, 2.05) is 0 Å². The Bertz CT molecular complexity index is 1970. The van der Waals surface area contributed by atoms with Crippen molar-refractivity contribution in [3.8, 4) is 17.4 Å². The van der Waals surface area contributed by atoms with Gasteiger partial charge in [-0.25, -0.2) is 31.9 Å². The topological polar surface area (TPSA) is 86.7 Å². The van der Waals surface area contributed by atoms with Crippen molar-refractivity contribution in [2.45, 2.75) is 12.3 Å². The molecule has 0 aliphatic carbocycles. The number of pyridine rings is 2. The summed E-state index contributed by atoms with van der Waals surface area (Å²) in [7, 11) is 1.23. The molecule has 0 amide bonds. The number of benzene rings is 1. The van der Waals surface area contributed by atoms with Gasteiger partial charge in [0.05, 0.1) is 41.1 Å². The summed E-state index contributed by atoms with van der Waals surface area (Å²) in [6.07, 6.45) is 1.91. The van der Waals surface area contributed by atoms with Gasteiger partial charge in [-0.3, -0.25) is 13.8 Å². The number of hydrogen-bond acceptors (Lipinski definition) is 6. The van der Waals surface area contributed by atoms with Crippen molar-refractivity contribution in [1.82, 2.24) is 23.5 Å². The van der Waals surface area contributed by atoms with Crippen LogP contribution in [0.5, 0.6) is 5.88 Å². The molecular formula is C25H16Cl2F4N6O3. The number of fused-ring (bicyclic) bond motifs is 2. The van der Waals surface area contributed by atoms with Gasteiger partial charge in [-0.15, -0.1) is 0 Å². The Kier molecular flexibility index (Phi) is 6.04. The second kappa shape index (κ2) is 9.24. The van der Waals surface area contributed by atoms with Crippen LogP contribution in [-0.4, -0.2) is 49.6 Å². The smallest absolute Gasteiger partial charge is 0.342 e. The molecule has 1 saturated heterocycles. The Morgan fingerprint density at radius 1 is 1.02 bits per heavy atom. The van der Waals surface area contributed by atoms with Crippen LogP contribution in [0.4, 0.5) is 23.4 Å². The van der Waals surface area contributed by atoms with Crippen LogP contribution < -0.4 is 20.9 Å². The summed E-state index contributed by atoms with van der Waals surface area (Å²) in [6.45, 7) is -0.658. The van der Waals surface area contributed by atoms with Gasteiger partial charge in [0.1, 0.15) is 34.3 Å². The van der Waals surface area contributed by atoms with Gasteiger partial charge in [-0.1, -0.05) is 23.2 Å². The molecule has 1 aliphatic heterocycles. The van der Waals surface area contributed by atoms with E-state index in [1.54, 1.807) is 0 Å². The standard InChI is InChI=1S/C25H16Cl2F4N6O3/c1-40-22-21-17(8-19(33-22)34-5-4-25(30,31)11-34)36(12-2-3-15(28)13(26)6-12)24(39)37(23(21)38)20-9-32-18-7-16(29)14(27)10-35(18)20/h2-3,6-10H,4-5,11H2,1H3. The van der Waals surface area contributed by atoms with Crippen molar-refractivity contribution in [1.29, 1.82) is 0 Å². The predicted molar refractivity (Wildman–Crippen MR) is 140 cm³/mol. The number of rotatable bonds is 4. The predicted octanol–water partition coefficient (Wildman–Crippen LogP) is 4.62. The number of methoxy groups -OCH3 is 1. The molecule has 1 fully saturated rings. The number of anilines is 1. The molecule has 0 radical (unpaired) electrons. The summed E-state index contributed by atoms with van der Waals surface area (Å²) in [6, 6.07) is 5.79. The zero-order valence-electron chi connectivity index (χ0n) is 20.3.